The fourth-order valence-electron chi connectivity index (χ4n) is 17.9. The van der Waals surface area contributed by atoms with Crippen LogP contribution in [0.5, 0.6) is 0 Å². The largest absolute Gasteiger partial charge is 0.253 e. The van der Waals surface area contributed by atoms with Gasteiger partial charge in [-0.15, -0.1) is 0 Å². The van der Waals surface area contributed by atoms with Crippen molar-refractivity contribution in [2.45, 2.75) is 19.3 Å². The van der Waals surface area contributed by atoms with Gasteiger partial charge in [0.25, 0.3) is 0 Å². The molecule has 129 heavy (non-hydrogen) atoms. The molecule has 0 atom stereocenters. The topological polar surface area (TPSA) is 180 Å². The second-order valence-electron chi connectivity index (χ2n) is 32.1. The van der Waals surface area contributed by atoms with Gasteiger partial charge in [-0.05, 0) is 87.5 Å². The smallest absolute Gasteiger partial charge is 0.179 e. The lowest BCUT2D eigenvalue weighted by atomic mass is 10.00. The summed E-state index contributed by atoms with van der Waals surface area (Å²) in [4.78, 5) is 69.4. The van der Waals surface area contributed by atoms with Crippen LogP contribution < -0.4 is 0 Å². The molecule has 0 unspecified atom stereocenters. The van der Waals surface area contributed by atoms with E-state index < -0.39 is 0 Å². The zero-order valence-electron chi connectivity index (χ0n) is 69.6. The van der Waals surface area contributed by atoms with Crippen molar-refractivity contribution in [2.75, 3.05) is 0 Å². The fraction of sp³-hybridized carbons (Fsp3) is 0.0261. The molecule has 0 saturated carbocycles. The molecule has 0 spiro atoms. The fourth-order valence-corrected chi connectivity index (χ4v) is 17.9. The van der Waals surface area contributed by atoms with E-state index in [4.69, 9.17) is 54.8 Å². The summed E-state index contributed by atoms with van der Waals surface area (Å²) in [6, 6.07) is 137. The van der Waals surface area contributed by atoms with Gasteiger partial charge in [0.1, 0.15) is 17.7 Å². The van der Waals surface area contributed by atoms with Crippen molar-refractivity contribution in [3.8, 4) is 181 Å². The maximum atomic E-state index is 5.20. The van der Waals surface area contributed by atoms with Gasteiger partial charge in [0.15, 0.2) is 29.1 Å². The molecule has 25 rings (SSSR count). The number of para-hydroxylation sites is 3. The zero-order chi connectivity index (χ0) is 85.5. The van der Waals surface area contributed by atoms with Crippen molar-refractivity contribution in [1.82, 2.24) is 69.8 Å². The normalized spacial score (nSPS) is 11.8. The summed E-state index contributed by atoms with van der Waals surface area (Å²) in [5, 5.41) is 3.07. The standard InChI is InChI=1S/C43H28N4.C42H27N5.C30H19N5/c1-3-12-28(13-4-1)29-22-24-30(25-23-29)39-36-20-9-10-21-38(36)44-43(45-39)34-18-11-17-33(26-34)40-37-27-32-16-7-8-19-35(32)41(37)47-42(46-40)31-14-5-2-6-15-31;1-2-10-27(11-3-1)28-17-19-29(20-18-28)38-34-14-6-7-15-36(34)44-41(45-38)31-23-21-30(22-24-31)39-35-26-32-12-4-5-13-33(32)40(35)47-42(46-39)37-16-8-9-25-43-37;1-2-9-19(10-3-1)27-22-13-6-7-14-24(22)34-30(35-27)26-16-8-15-25(33-26)29-23-17-20-11-4-5-12-21(20)28(23)31-18-32-29/h1-26H,27H2;1-25H,26H2;1-16,18H,17H2. The van der Waals surface area contributed by atoms with E-state index >= 15 is 0 Å². The lowest BCUT2D eigenvalue weighted by molar-refractivity contribution is 1.10. The molecule has 14 nitrogen and oxygen atoms in total. The molecule has 22 aromatic rings. The molecule has 0 amide bonds. The van der Waals surface area contributed by atoms with Crippen LogP contribution in [0.15, 0.2) is 413 Å². The number of hydrogen-bond donors (Lipinski definition) is 0. The predicted molar refractivity (Wildman–Crippen MR) is 516 cm³/mol. The first kappa shape index (κ1) is 76.5. The maximum Gasteiger partial charge on any atom is 0.179 e. The summed E-state index contributed by atoms with van der Waals surface area (Å²) >= 11 is 0. The molecule has 604 valence electrons. The first-order valence-electron chi connectivity index (χ1n) is 43.2. The van der Waals surface area contributed by atoms with E-state index in [0.29, 0.717) is 29.0 Å². The van der Waals surface area contributed by atoms with Crippen LogP contribution in [0.1, 0.15) is 33.4 Å². The molecular weight excluding hydrogens is 1580 g/mol. The van der Waals surface area contributed by atoms with E-state index in [-0.39, 0.29) is 0 Å². The van der Waals surface area contributed by atoms with Gasteiger partial charge in [-0.3, -0.25) is 4.98 Å². The Morgan fingerprint density at radius 1 is 0.163 bits per heavy atom. The molecule has 0 aliphatic heterocycles. The van der Waals surface area contributed by atoms with Gasteiger partial charge in [-0.1, -0.05) is 352 Å². The van der Waals surface area contributed by atoms with E-state index in [2.05, 4.69) is 288 Å². The molecule has 14 heteroatoms. The number of rotatable bonds is 13. The summed E-state index contributed by atoms with van der Waals surface area (Å²) in [6.07, 6.45) is 5.81. The minimum Gasteiger partial charge on any atom is -0.253 e. The Labute approximate surface area is 744 Å². The average molecular weight is 1650 g/mol. The third-order valence-electron chi connectivity index (χ3n) is 24.2. The zero-order valence-corrected chi connectivity index (χ0v) is 69.6. The van der Waals surface area contributed by atoms with Crippen LogP contribution in [-0.2, 0) is 19.3 Å². The van der Waals surface area contributed by atoms with Crippen molar-refractivity contribution in [1.29, 1.82) is 0 Å². The van der Waals surface area contributed by atoms with Crippen LogP contribution in [0.4, 0.5) is 0 Å². The van der Waals surface area contributed by atoms with Gasteiger partial charge in [-0.25, -0.2) is 64.8 Å². The Bertz CT molecular complexity index is 8040. The van der Waals surface area contributed by atoms with Gasteiger partial charge in [-0.2, -0.15) is 0 Å². The average Bonchev–Trinajstić information content (AvgIpc) is 1.54. The monoisotopic (exact) mass is 1650 g/mol. The Hall–Kier alpha value is -17.4. The molecule has 0 fully saturated rings. The van der Waals surface area contributed by atoms with E-state index in [1.165, 1.54) is 50.1 Å². The molecule has 3 aliphatic carbocycles. The number of pyridine rings is 2. The van der Waals surface area contributed by atoms with Crippen molar-refractivity contribution in [2.24, 2.45) is 0 Å². The highest BCUT2D eigenvalue weighted by molar-refractivity contribution is 5.98. The first-order valence-corrected chi connectivity index (χ1v) is 43.2. The minimum absolute atomic E-state index is 0.596. The van der Waals surface area contributed by atoms with Gasteiger partial charge >= 0.3 is 0 Å². The number of hydrogen-bond acceptors (Lipinski definition) is 14. The Balaban J connectivity index is 0.000000112. The minimum atomic E-state index is 0.596. The quantitative estimate of drug-likeness (QED) is 0.106. The molecule has 8 aromatic heterocycles. The molecule has 0 radical (unpaired) electrons. The van der Waals surface area contributed by atoms with Gasteiger partial charge < -0.3 is 0 Å². The third-order valence-corrected chi connectivity index (χ3v) is 24.2. The maximum absolute atomic E-state index is 5.20. The summed E-state index contributed by atoms with van der Waals surface area (Å²) in [6.45, 7) is 0. The number of benzene rings is 14. The van der Waals surface area contributed by atoms with E-state index in [1.54, 1.807) is 12.5 Å². The SMILES string of the molecule is c1ccc(-c2ccc(-c3nc(-c4ccc(-c5nc(-c6ccccn6)nc6c5Cc5ccccc5-6)cc4)nc4ccccc34)cc2)cc1.c1ccc(-c2ccc(-c3nc(-c4cccc(-c5nc(-c6ccccc6)nc6c5Cc5ccccc5-6)c4)nc4ccccc34)cc2)cc1.c1ccc(-c2nc(-c3cccc(-c4ncnc5c4Cc4ccccc4-5)n3)nc3ccccc23)cc1. The van der Waals surface area contributed by atoms with E-state index in [0.717, 1.165) is 187 Å². The molecule has 8 heterocycles. The van der Waals surface area contributed by atoms with Crippen LogP contribution in [0.3, 0.4) is 0 Å². The third kappa shape index (κ3) is 14.8. The van der Waals surface area contributed by atoms with Crippen molar-refractivity contribution in [3.05, 3.63) is 446 Å². The Kier molecular flexibility index (Phi) is 19.8. The van der Waals surface area contributed by atoms with Gasteiger partial charge in [0.2, 0.25) is 0 Å². The molecule has 3 aliphatic rings. The molecule has 0 N–H and O–H groups in total. The summed E-state index contributed by atoms with van der Waals surface area (Å²) in [7, 11) is 0. The van der Waals surface area contributed by atoms with Crippen LogP contribution >= 0.6 is 0 Å². The second-order valence-corrected chi connectivity index (χ2v) is 32.1. The van der Waals surface area contributed by atoms with Crippen molar-refractivity contribution >= 4 is 32.7 Å². The number of fused-ring (bicyclic) bond motifs is 12. The molecule has 0 bridgehead atoms. The Morgan fingerprint density at radius 2 is 0.473 bits per heavy atom. The Morgan fingerprint density at radius 3 is 1.01 bits per heavy atom. The summed E-state index contributed by atoms with van der Waals surface area (Å²) < 4.78 is 0. The van der Waals surface area contributed by atoms with E-state index in [9.17, 15) is 0 Å². The van der Waals surface area contributed by atoms with Crippen LogP contribution in [0, 0.1) is 0 Å². The van der Waals surface area contributed by atoms with Crippen LogP contribution in [0.2, 0.25) is 0 Å². The van der Waals surface area contributed by atoms with Crippen LogP contribution in [-0.4, -0.2) is 69.8 Å². The summed E-state index contributed by atoms with van der Waals surface area (Å²) in [5.74, 6) is 3.32. The number of nitrogens with zero attached hydrogens (tertiary/aromatic N) is 14. The highest BCUT2D eigenvalue weighted by Gasteiger charge is 2.30. The highest BCUT2D eigenvalue weighted by Crippen LogP contribution is 2.46. The lowest BCUT2D eigenvalue weighted by Gasteiger charge is -2.13. The second kappa shape index (κ2) is 33.4. The molecule has 14 aromatic carbocycles. The predicted octanol–water partition coefficient (Wildman–Crippen LogP) is 26.4. The van der Waals surface area contributed by atoms with Crippen LogP contribution in [0.25, 0.3) is 214 Å². The molecule has 0 saturated heterocycles. The highest BCUT2D eigenvalue weighted by atomic mass is 15.0. The van der Waals surface area contributed by atoms with Gasteiger partial charge in [0, 0.05) is 120 Å². The summed E-state index contributed by atoms with van der Waals surface area (Å²) in [5.41, 5.74) is 37.0. The van der Waals surface area contributed by atoms with Crippen molar-refractivity contribution < 1.29 is 0 Å². The first-order chi connectivity index (χ1) is 63.9. The lowest BCUT2D eigenvalue weighted by Crippen LogP contribution is -2.00. The molecular formula is C115H74N14. The number of aromatic nitrogens is 14. The van der Waals surface area contributed by atoms with E-state index in [1.807, 2.05) is 127 Å². The van der Waals surface area contributed by atoms with Gasteiger partial charge in [0.05, 0.1) is 73.5 Å². The van der Waals surface area contributed by atoms with Crippen molar-refractivity contribution in [3.63, 3.8) is 0 Å².